The van der Waals surface area contributed by atoms with Gasteiger partial charge in [-0.3, -0.25) is 0 Å². The summed E-state index contributed by atoms with van der Waals surface area (Å²) in [6.45, 7) is 0.847. The molecular weight excluding hydrogens is 136 g/mol. The average Bonchev–Trinajstić information content (AvgIpc) is 1.94. The molecule has 0 aromatic carbocycles. The van der Waals surface area contributed by atoms with Gasteiger partial charge in [0.05, 0.1) is 6.61 Å². The Bertz CT molecular complexity index is 127. The van der Waals surface area contributed by atoms with E-state index in [1.54, 1.807) is 7.11 Å². The molecule has 11 heavy (non-hydrogen) atoms. The zero-order chi connectivity index (χ0) is 7.94. The molecule has 0 saturated carbocycles. The molecule has 0 fully saturated rings. The Balaban J connectivity index is 2.32. The smallest absolute Gasteiger partial charge is 0.0672 e. The number of hydrogen-bond acceptors (Lipinski definition) is 1. The summed E-state index contributed by atoms with van der Waals surface area (Å²) in [5, 5.41) is 0. The van der Waals surface area contributed by atoms with Crippen LogP contribution in [0.4, 0.5) is 0 Å². The van der Waals surface area contributed by atoms with Crippen molar-refractivity contribution in [3.8, 4) is 0 Å². The van der Waals surface area contributed by atoms with E-state index in [1.165, 1.54) is 44.1 Å². The summed E-state index contributed by atoms with van der Waals surface area (Å²) in [7, 11) is 1.78. The minimum absolute atomic E-state index is 0.847. The van der Waals surface area contributed by atoms with E-state index in [9.17, 15) is 0 Å². The zero-order valence-corrected chi connectivity index (χ0v) is 7.44. The quantitative estimate of drug-likeness (QED) is 0.556. The van der Waals surface area contributed by atoms with E-state index in [0.29, 0.717) is 0 Å². The lowest BCUT2D eigenvalue weighted by Gasteiger charge is -2.09. The first kappa shape index (κ1) is 8.79. The predicted octanol–water partition coefficient (Wildman–Crippen LogP) is 2.91. The summed E-state index contributed by atoms with van der Waals surface area (Å²) < 4.78 is 5.11. The molecule has 1 nitrogen and oxygen atoms in total. The van der Waals surface area contributed by atoms with E-state index in [1.807, 2.05) is 0 Å². The molecule has 0 amide bonds. The monoisotopic (exact) mass is 154 g/mol. The fourth-order valence-electron chi connectivity index (χ4n) is 1.57. The molecule has 1 rings (SSSR count). The third kappa shape index (κ3) is 3.57. The molecule has 64 valence electrons. The Labute approximate surface area is 69.4 Å². The van der Waals surface area contributed by atoms with Crippen molar-refractivity contribution < 1.29 is 4.74 Å². The van der Waals surface area contributed by atoms with Gasteiger partial charge in [0.15, 0.2) is 0 Å². The molecule has 0 bridgehead atoms. The molecular formula is C10H18O. The van der Waals surface area contributed by atoms with Gasteiger partial charge in [-0.25, -0.2) is 0 Å². The van der Waals surface area contributed by atoms with E-state index in [0.717, 1.165) is 6.61 Å². The molecule has 0 unspecified atom stereocenters. The van der Waals surface area contributed by atoms with Crippen molar-refractivity contribution in [2.24, 2.45) is 0 Å². The Morgan fingerprint density at radius 3 is 2.91 bits per heavy atom. The topological polar surface area (TPSA) is 9.23 Å². The summed E-state index contributed by atoms with van der Waals surface area (Å²) in [6.07, 6.45) is 10.4. The highest BCUT2D eigenvalue weighted by atomic mass is 16.5. The lowest BCUT2D eigenvalue weighted by Crippen LogP contribution is -1.97. The van der Waals surface area contributed by atoms with Crippen molar-refractivity contribution in [3.05, 3.63) is 11.6 Å². The van der Waals surface area contributed by atoms with Crippen molar-refractivity contribution in [3.63, 3.8) is 0 Å². The highest BCUT2D eigenvalue weighted by Crippen LogP contribution is 2.16. The van der Waals surface area contributed by atoms with Gasteiger partial charge >= 0.3 is 0 Å². The normalized spacial score (nSPS) is 20.3. The second kappa shape index (κ2) is 5.36. The lowest BCUT2D eigenvalue weighted by atomic mass is 10.0. The molecule has 1 heteroatoms. The predicted molar refractivity (Wildman–Crippen MR) is 47.7 cm³/mol. The highest BCUT2D eigenvalue weighted by molar-refractivity contribution is 5.02. The largest absolute Gasteiger partial charge is 0.380 e. The van der Waals surface area contributed by atoms with Crippen LogP contribution < -0.4 is 0 Å². The molecule has 0 radical (unpaired) electrons. The van der Waals surface area contributed by atoms with Gasteiger partial charge in [-0.2, -0.15) is 0 Å². The minimum atomic E-state index is 0.847. The van der Waals surface area contributed by atoms with Crippen molar-refractivity contribution in [1.82, 2.24) is 0 Å². The van der Waals surface area contributed by atoms with Crippen molar-refractivity contribution in [2.45, 2.75) is 38.5 Å². The van der Waals surface area contributed by atoms with Gasteiger partial charge in [0.1, 0.15) is 0 Å². The van der Waals surface area contributed by atoms with E-state index < -0.39 is 0 Å². The first-order valence-electron chi connectivity index (χ1n) is 4.60. The fraction of sp³-hybridized carbons (Fsp3) is 0.800. The third-order valence-corrected chi connectivity index (χ3v) is 2.21. The van der Waals surface area contributed by atoms with E-state index >= 15 is 0 Å². The van der Waals surface area contributed by atoms with Gasteiger partial charge in [-0.1, -0.05) is 18.9 Å². The summed E-state index contributed by atoms with van der Waals surface area (Å²) >= 11 is 0. The van der Waals surface area contributed by atoms with Crippen LogP contribution in [0, 0.1) is 0 Å². The molecule has 0 aliphatic heterocycles. The number of rotatable bonds is 2. The Morgan fingerprint density at radius 2 is 2.09 bits per heavy atom. The number of allylic oxidation sites excluding steroid dienone is 1. The molecule has 0 heterocycles. The second-order valence-corrected chi connectivity index (χ2v) is 3.25. The SMILES string of the molecule is COCC1=CCCCCCC1. The first-order chi connectivity index (χ1) is 5.43. The van der Waals surface area contributed by atoms with E-state index in [4.69, 9.17) is 4.74 Å². The Morgan fingerprint density at radius 1 is 1.27 bits per heavy atom. The van der Waals surface area contributed by atoms with Crippen molar-refractivity contribution >= 4 is 0 Å². The maximum Gasteiger partial charge on any atom is 0.0672 e. The van der Waals surface area contributed by atoms with E-state index in [-0.39, 0.29) is 0 Å². The first-order valence-corrected chi connectivity index (χ1v) is 4.60. The molecule has 1 aliphatic carbocycles. The lowest BCUT2D eigenvalue weighted by molar-refractivity contribution is 0.221. The maximum absolute atomic E-state index is 5.11. The van der Waals surface area contributed by atoms with Gasteiger partial charge in [-0.05, 0) is 31.3 Å². The highest BCUT2D eigenvalue weighted by Gasteiger charge is 2.00. The van der Waals surface area contributed by atoms with Crippen LogP contribution in [0.25, 0.3) is 0 Å². The van der Waals surface area contributed by atoms with Crippen molar-refractivity contribution in [2.75, 3.05) is 13.7 Å². The summed E-state index contributed by atoms with van der Waals surface area (Å²) in [6, 6.07) is 0. The Hall–Kier alpha value is -0.300. The van der Waals surface area contributed by atoms with Gasteiger partial charge in [0.25, 0.3) is 0 Å². The van der Waals surface area contributed by atoms with Crippen LogP contribution in [0.1, 0.15) is 38.5 Å². The van der Waals surface area contributed by atoms with Crippen LogP contribution in [0.5, 0.6) is 0 Å². The van der Waals surface area contributed by atoms with Crippen LogP contribution >= 0.6 is 0 Å². The van der Waals surface area contributed by atoms with Crippen LogP contribution in [-0.4, -0.2) is 13.7 Å². The number of hydrogen-bond donors (Lipinski definition) is 0. The van der Waals surface area contributed by atoms with Gasteiger partial charge < -0.3 is 4.74 Å². The standard InChI is InChI=1S/C10H18O/c1-11-9-10-7-5-3-2-4-6-8-10/h7H,2-6,8-9H2,1H3. The van der Waals surface area contributed by atoms with Gasteiger partial charge in [0.2, 0.25) is 0 Å². The van der Waals surface area contributed by atoms with Crippen LogP contribution in [0.3, 0.4) is 0 Å². The van der Waals surface area contributed by atoms with Crippen LogP contribution in [-0.2, 0) is 4.74 Å². The van der Waals surface area contributed by atoms with Crippen LogP contribution in [0.2, 0.25) is 0 Å². The minimum Gasteiger partial charge on any atom is -0.380 e. The molecule has 0 saturated heterocycles. The second-order valence-electron chi connectivity index (χ2n) is 3.25. The van der Waals surface area contributed by atoms with Crippen LogP contribution in [0.15, 0.2) is 11.6 Å². The molecule has 0 N–H and O–H groups in total. The molecule has 1 aliphatic rings. The number of ether oxygens (including phenoxy) is 1. The van der Waals surface area contributed by atoms with Crippen molar-refractivity contribution in [1.29, 1.82) is 0 Å². The summed E-state index contributed by atoms with van der Waals surface area (Å²) in [5.74, 6) is 0. The maximum atomic E-state index is 5.11. The van der Waals surface area contributed by atoms with E-state index in [2.05, 4.69) is 6.08 Å². The zero-order valence-electron chi connectivity index (χ0n) is 7.44. The molecule has 0 spiro atoms. The summed E-state index contributed by atoms with van der Waals surface area (Å²) in [5.41, 5.74) is 1.51. The molecule has 0 aromatic rings. The van der Waals surface area contributed by atoms with Gasteiger partial charge in [0, 0.05) is 7.11 Å². The third-order valence-electron chi connectivity index (χ3n) is 2.21. The average molecular weight is 154 g/mol. The summed E-state index contributed by atoms with van der Waals surface area (Å²) in [4.78, 5) is 0. The Kier molecular flexibility index (Phi) is 4.29. The number of methoxy groups -OCH3 is 1. The molecule has 0 atom stereocenters. The molecule has 0 aromatic heterocycles. The van der Waals surface area contributed by atoms with Gasteiger partial charge in [-0.15, -0.1) is 0 Å². The fourth-order valence-corrected chi connectivity index (χ4v) is 1.57.